The smallest absolute Gasteiger partial charge is 0.267 e. The lowest BCUT2D eigenvalue weighted by atomic mass is 9.94. The van der Waals surface area contributed by atoms with Crippen LogP contribution >= 0.6 is 0 Å². The summed E-state index contributed by atoms with van der Waals surface area (Å²) in [6, 6.07) is 6.50. The molecule has 24 heavy (non-hydrogen) atoms. The number of ether oxygens (including phenoxy) is 1. The monoisotopic (exact) mass is 331 g/mol. The van der Waals surface area contributed by atoms with Gasteiger partial charge in [0.1, 0.15) is 12.2 Å². The Bertz CT molecular complexity index is 764. The van der Waals surface area contributed by atoms with E-state index >= 15 is 0 Å². The van der Waals surface area contributed by atoms with E-state index in [2.05, 4.69) is 10.4 Å². The maximum absolute atomic E-state index is 12.3. The first-order valence-electron chi connectivity index (χ1n) is 7.98. The van der Waals surface area contributed by atoms with Gasteiger partial charge in [0.25, 0.3) is 5.56 Å². The van der Waals surface area contributed by atoms with Crippen molar-refractivity contribution >= 4 is 5.91 Å². The molecule has 1 amide bonds. The molecule has 0 radical (unpaired) electrons. The molecule has 0 aromatic carbocycles. The zero-order valence-electron chi connectivity index (χ0n) is 13.8. The summed E-state index contributed by atoms with van der Waals surface area (Å²) in [5.41, 5.74) is -0.0582. The van der Waals surface area contributed by atoms with Crippen molar-refractivity contribution in [2.75, 3.05) is 6.61 Å². The molecule has 0 aliphatic carbocycles. The van der Waals surface area contributed by atoms with Crippen LogP contribution < -0.4 is 10.9 Å². The molecule has 1 fully saturated rings. The Balaban J connectivity index is 1.68. The van der Waals surface area contributed by atoms with Crippen LogP contribution in [0.2, 0.25) is 0 Å². The summed E-state index contributed by atoms with van der Waals surface area (Å²) in [5.74, 6) is 0.319. The highest BCUT2D eigenvalue weighted by molar-refractivity contribution is 5.76. The summed E-state index contributed by atoms with van der Waals surface area (Å²) in [6.07, 6.45) is 3.05. The Morgan fingerprint density at radius 2 is 2.25 bits per heavy atom. The van der Waals surface area contributed by atoms with Crippen molar-refractivity contribution in [3.05, 3.63) is 40.9 Å². The maximum Gasteiger partial charge on any atom is 0.267 e. The standard InChI is InChI=1S/C17H21N3O4/c1-17(2)10-12(7-9-24-17)18-15(21)11-20-16(22)6-5-13(19-20)14-4-3-8-23-14/h3-6,8,12H,7,9-11H2,1-2H3,(H,18,21). The van der Waals surface area contributed by atoms with Crippen molar-refractivity contribution in [2.24, 2.45) is 0 Å². The van der Waals surface area contributed by atoms with Crippen molar-refractivity contribution in [3.8, 4) is 11.5 Å². The van der Waals surface area contributed by atoms with Crippen LogP contribution in [0.15, 0.2) is 39.7 Å². The topological polar surface area (TPSA) is 86.4 Å². The van der Waals surface area contributed by atoms with E-state index in [0.717, 1.165) is 17.5 Å². The van der Waals surface area contributed by atoms with Gasteiger partial charge in [-0.15, -0.1) is 0 Å². The average Bonchev–Trinajstić information content (AvgIpc) is 3.02. The summed E-state index contributed by atoms with van der Waals surface area (Å²) in [6.45, 7) is 4.50. The molecule has 0 spiro atoms. The molecular formula is C17H21N3O4. The first-order valence-corrected chi connectivity index (χ1v) is 7.98. The molecule has 1 aliphatic heterocycles. The summed E-state index contributed by atoms with van der Waals surface area (Å²) >= 11 is 0. The van der Waals surface area contributed by atoms with E-state index in [1.54, 1.807) is 18.2 Å². The highest BCUT2D eigenvalue weighted by Gasteiger charge is 2.29. The lowest BCUT2D eigenvalue weighted by Gasteiger charge is -2.35. The highest BCUT2D eigenvalue weighted by atomic mass is 16.5. The van der Waals surface area contributed by atoms with E-state index in [1.165, 1.54) is 12.3 Å². The van der Waals surface area contributed by atoms with Crippen LogP contribution in [0.5, 0.6) is 0 Å². The predicted octanol–water partition coefficient (Wildman–Crippen LogP) is 1.58. The molecule has 1 saturated heterocycles. The minimum absolute atomic E-state index is 0.0465. The fraction of sp³-hybridized carbons (Fsp3) is 0.471. The number of hydrogen-bond acceptors (Lipinski definition) is 5. The Hall–Kier alpha value is -2.41. The SMILES string of the molecule is CC1(C)CC(NC(=O)Cn2nc(-c3ccco3)ccc2=O)CCO1. The van der Waals surface area contributed by atoms with Crippen molar-refractivity contribution in [1.29, 1.82) is 0 Å². The van der Waals surface area contributed by atoms with Gasteiger partial charge in [0.05, 0.1) is 11.9 Å². The lowest BCUT2D eigenvalue weighted by molar-refractivity contribution is -0.124. The molecule has 0 saturated carbocycles. The average molecular weight is 331 g/mol. The van der Waals surface area contributed by atoms with Gasteiger partial charge in [-0.05, 0) is 44.9 Å². The Morgan fingerprint density at radius 1 is 1.42 bits per heavy atom. The van der Waals surface area contributed by atoms with Gasteiger partial charge >= 0.3 is 0 Å². The maximum atomic E-state index is 12.3. The second kappa shape index (κ2) is 6.60. The van der Waals surface area contributed by atoms with Gasteiger partial charge < -0.3 is 14.5 Å². The lowest BCUT2D eigenvalue weighted by Crippen LogP contribution is -2.47. The summed E-state index contributed by atoms with van der Waals surface area (Å²) in [7, 11) is 0. The van der Waals surface area contributed by atoms with E-state index < -0.39 is 0 Å². The molecule has 1 unspecified atom stereocenters. The predicted molar refractivity (Wildman–Crippen MR) is 87.4 cm³/mol. The Labute approximate surface area is 139 Å². The number of nitrogens with zero attached hydrogens (tertiary/aromatic N) is 2. The van der Waals surface area contributed by atoms with Crippen LogP contribution in [0, 0.1) is 0 Å². The van der Waals surface area contributed by atoms with Crippen LogP contribution in [0.4, 0.5) is 0 Å². The number of carbonyl (C=O) groups excluding carboxylic acids is 1. The molecule has 2 aromatic heterocycles. The molecule has 1 atom stereocenters. The number of hydrogen-bond donors (Lipinski definition) is 1. The second-order valence-corrected chi connectivity index (χ2v) is 6.56. The number of furan rings is 1. The van der Waals surface area contributed by atoms with Crippen LogP contribution in [-0.2, 0) is 16.1 Å². The van der Waals surface area contributed by atoms with Gasteiger partial charge in [0.2, 0.25) is 5.91 Å². The molecule has 0 bridgehead atoms. The minimum Gasteiger partial charge on any atom is -0.463 e. The van der Waals surface area contributed by atoms with E-state index in [4.69, 9.17) is 9.15 Å². The number of rotatable bonds is 4. The van der Waals surface area contributed by atoms with E-state index in [-0.39, 0.29) is 29.7 Å². The van der Waals surface area contributed by atoms with Gasteiger partial charge in [-0.3, -0.25) is 9.59 Å². The van der Waals surface area contributed by atoms with Crippen LogP contribution in [0.3, 0.4) is 0 Å². The number of carbonyl (C=O) groups is 1. The molecule has 3 rings (SSSR count). The Kier molecular flexibility index (Phi) is 4.53. The molecule has 7 nitrogen and oxygen atoms in total. The molecular weight excluding hydrogens is 310 g/mol. The van der Waals surface area contributed by atoms with Crippen molar-refractivity contribution in [1.82, 2.24) is 15.1 Å². The van der Waals surface area contributed by atoms with E-state index in [0.29, 0.717) is 18.1 Å². The third-order valence-electron chi connectivity index (χ3n) is 4.00. The molecule has 3 heterocycles. The van der Waals surface area contributed by atoms with Gasteiger partial charge in [0, 0.05) is 18.7 Å². The highest BCUT2D eigenvalue weighted by Crippen LogP contribution is 2.23. The van der Waals surface area contributed by atoms with Crippen molar-refractivity contribution < 1.29 is 13.9 Å². The quantitative estimate of drug-likeness (QED) is 0.919. The molecule has 1 N–H and O–H groups in total. The van der Waals surface area contributed by atoms with E-state index in [1.807, 2.05) is 13.8 Å². The second-order valence-electron chi connectivity index (χ2n) is 6.56. The van der Waals surface area contributed by atoms with Crippen LogP contribution in [0.25, 0.3) is 11.5 Å². The van der Waals surface area contributed by atoms with Gasteiger partial charge in [-0.2, -0.15) is 5.10 Å². The summed E-state index contributed by atoms with van der Waals surface area (Å²) in [4.78, 5) is 24.2. The molecule has 2 aromatic rings. The number of amides is 1. The normalized spacial score (nSPS) is 19.8. The first-order chi connectivity index (χ1) is 11.4. The van der Waals surface area contributed by atoms with Crippen LogP contribution in [0.1, 0.15) is 26.7 Å². The van der Waals surface area contributed by atoms with Gasteiger partial charge in [-0.25, -0.2) is 4.68 Å². The minimum atomic E-state index is -0.326. The zero-order chi connectivity index (χ0) is 17.2. The van der Waals surface area contributed by atoms with Crippen molar-refractivity contribution in [2.45, 2.75) is 44.9 Å². The van der Waals surface area contributed by atoms with Crippen LogP contribution in [-0.4, -0.2) is 33.9 Å². The number of nitrogens with one attached hydrogen (secondary N) is 1. The summed E-state index contributed by atoms with van der Waals surface area (Å²) in [5, 5.41) is 7.16. The largest absolute Gasteiger partial charge is 0.463 e. The zero-order valence-corrected chi connectivity index (χ0v) is 13.8. The van der Waals surface area contributed by atoms with Gasteiger partial charge in [0.15, 0.2) is 5.76 Å². The number of aromatic nitrogens is 2. The molecule has 128 valence electrons. The first kappa shape index (κ1) is 16.4. The Morgan fingerprint density at radius 3 is 2.96 bits per heavy atom. The van der Waals surface area contributed by atoms with Gasteiger partial charge in [-0.1, -0.05) is 0 Å². The third kappa shape index (κ3) is 3.91. The molecule has 1 aliphatic rings. The third-order valence-corrected chi connectivity index (χ3v) is 4.00. The van der Waals surface area contributed by atoms with E-state index in [9.17, 15) is 9.59 Å². The molecule has 7 heteroatoms. The fourth-order valence-corrected chi connectivity index (χ4v) is 2.88. The fourth-order valence-electron chi connectivity index (χ4n) is 2.88. The van der Waals surface area contributed by atoms with Crippen molar-refractivity contribution in [3.63, 3.8) is 0 Å². The summed E-state index contributed by atoms with van der Waals surface area (Å²) < 4.78 is 12.1.